The summed E-state index contributed by atoms with van der Waals surface area (Å²) < 4.78 is 5.57. The molecule has 0 N–H and O–H groups in total. The van der Waals surface area contributed by atoms with Crippen LogP contribution in [0.3, 0.4) is 0 Å². The zero-order valence-corrected chi connectivity index (χ0v) is 19.6. The van der Waals surface area contributed by atoms with Gasteiger partial charge in [0.1, 0.15) is 11.0 Å². The predicted molar refractivity (Wildman–Crippen MR) is 129 cm³/mol. The minimum Gasteiger partial charge on any atom is -0.372 e. The Morgan fingerprint density at radius 3 is 2.59 bits per heavy atom. The Balaban J connectivity index is 1.37. The van der Waals surface area contributed by atoms with E-state index in [-0.39, 0.29) is 17.6 Å². The molecule has 34 heavy (non-hydrogen) atoms. The number of benzene rings is 1. The molecular formula is C25H19Cl2N5O2. The Labute approximate surface area is 205 Å². The Hall–Kier alpha value is -3.13. The predicted octanol–water partition coefficient (Wildman–Crippen LogP) is 5.48. The second-order valence-electron chi connectivity index (χ2n) is 8.51. The molecule has 4 heterocycles. The number of fused-ring (bicyclic) bond motifs is 3. The molecule has 170 valence electrons. The van der Waals surface area contributed by atoms with Crippen LogP contribution in [-0.2, 0) is 24.5 Å². The van der Waals surface area contributed by atoms with Gasteiger partial charge in [-0.2, -0.15) is 0 Å². The zero-order valence-electron chi connectivity index (χ0n) is 18.0. The van der Waals surface area contributed by atoms with Crippen LogP contribution in [0, 0.1) is 0 Å². The zero-order chi connectivity index (χ0) is 23.2. The van der Waals surface area contributed by atoms with Crippen LogP contribution in [0.1, 0.15) is 51.6 Å². The fourth-order valence-electron chi connectivity index (χ4n) is 4.23. The van der Waals surface area contributed by atoms with Gasteiger partial charge in [0.2, 0.25) is 0 Å². The third-order valence-electron chi connectivity index (χ3n) is 6.19. The summed E-state index contributed by atoms with van der Waals surface area (Å²) in [7, 11) is 0. The lowest BCUT2D eigenvalue weighted by Gasteiger charge is -2.23. The number of carbonyl (C=O) groups excluding carboxylic acids is 1. The highest BCUT2D eigenvalue weighted by Gasteiger charge is 2.28. The number of aromatic nitrogens is 4. The van der Waals surface area contributed by atoms with Gasteiger partial charge in [-0.05, 0) is 42.2 Å². The molecule has 1 saturated carbocycles. The molecule has 0 saturated heterocycles. The number of hydrogen-bond acceptors (Lipinski definition) is 6. The monoisotopic (exact) mass is 491 g/mol. The van der Waals surface area contributed by atoms with Crippen molar-refractivity contribution in [1.29, 1.82) is 0 Å². The minimum absolute atomic E-state index is 0.239. The number of ether oxygens (including phenoxy) is 1. The summed E-state index contributed by atoms with van der Waals surface area (Å²) in [4.78, 5) is 32.7. The van der Waals surface area contributed by atoms with E-state index >= 15 is 0 Å². The molecule has 6 rings (SSSR count). The fraction of sp³-hybridized carbons (Fsp3) is 0.240. The average molecular weight is 492 g/mol. The highest BCUT2D eigenvalue weighted by molar-refractivity contribution is 6.32. The number of pyridine rings is 2. The second kappa shape index (κ2) is 8.58. The Kier molecular flexibility index (Phi) is 5.40. The molecule has 1 amide bonds. The number of nitrogens with zero attached hydrogens (tertiary/aromatic N) is 5. The number of rotatable bonds is 5. The van der Waals surface area contributed by atoms with E-state index in [1.807, 2.05) is 18.2 Å². The summed E-state index contributed by atoms with van der Waals surface area (Å²) in [6.07, 6.45) is 6.96. The first-order chi connectivity index (χ1) is 16.6. The lowest BCUT2D eigenvalue weighted by molar-refractivity contribution is 0.0984. The van der Waals surface area contributed by atoms with E-state index in [4.69, 9.17) is 27.9 Å². The second-order valence-corrected chi connectivity index (χ2v) is 9.23. The van der Waals surface area contributed by atoms with Crippen molar-refractivity contribution in [3.63, 3.8) is 0 Å². The summed E-state index contributed by atoms with van der Waals surface area (Å²) in [5, 5.41) is 1.69. The van der Waals surface area contributed by atoms with E-state index in [9.17, 15) is 4.79 Å². The van der Waals surface area contributed by atoms with Crippen molar-refractivity contribution in [2.24, 2.45) is 0 Å². The van der Waals surface area contributed by atoms with E-state index in [1.54, 1.807) is 35.6 Å². The van der Waals surface area contributed by atoms with Crippen molar-refractivity contribution in [2.45, 2.75) is 38.5 Å². The lowest BCUT2D eigenvalue weighted by Crippen LogP contribution is -2.31. The molecule has 0 bridgehead atoms. The molecule has 1 fully saturated rings. The van der Waals surface area contributed by atoms with Gasteiger partial charge in [0, 0.05) is 35.5 Å². The van der Waals surface area contributed by atoms with Crippen molar-refractivity contribution in [2.75, 3.05) is 4.90 Å². The highest BCUT2D eigenvalue weighted by atomic mass is 35.5. The summed E-state index contributed by atoms with van der Waals surface area (Å²) in [6, 6.07) is 9.44. The molecule has 0 atom stereocenters. The Morgan fingerprint density at radius 2 is 1.82 bits per heavy atom. The molecule has 1 aliphatic carbocycles. The molecule has 1 aliphatic heterocycles. The van der Waals surface area contributed by atoms with E-state index in [0.29, 0.717) is 35.5 Å². The van der Waals surface area contributed by atoms with Crippen molar-refractivity contribution in [3.05, 3.63) is 87.3 Å². The van der Waals surface area contributed by atoms with Gasteiger partial charge in [0.25, 0.3) is 5.91 Å². The topological polar surface area (TPSA) is 81.1 Å². The quantitative estimate of drug-likeness (QED) is 0.343. The SMILES string of the molecule is O=C(c1cnc(C2CC2)nc1)N(Cc1ccc2c3c(c(Cl)nc2c1)COC3)c1cccnc1Cl. The van der Waals surface area contributed by atoms with Gasteiger partial charge in [-0.25, -0.2) is 19.9 Å². The van der Waals surface area contributed by atoms with Crippen LogP contribution in [0.15, 0.2) is 48.9 Å². The van der Waals surface area contributed by atoms with Crippen LogP contribution in [0.2, 0.25) is 10.3 Å². The van der Waals surface area contributed by atoms with E-state index in [1.165, 1.54) is 0 Å². The van der Waals surface area contributed by atoms with Crippen LogP contribution < -0.4 is 4.90 Å². The van der Waals surface area contributed by atoms with Gasteiger partial charge < -0.3 is 9.64 Å². The van der Waals surface area contributed by atoms with Crippen LogP contribution in [0.25, 0.3) is 10.9 Å². The van der Waals surface area contributed by atoms with Gasteiger partial charge in [-0.3, -0.25) is 4.79 Å². The molecule has 3 aromatic heterocycles. The van der Waals surface area contributed by atoms with Gasteiger partial charge in [-0.15, -0.1) is 0 Å². The summed E-state index contributed by atoms with van der Waals surface area (Å²) in [5.74, 6) is 0.944. The van der Waals surface area contributed by atoms with Crippen LogP contribution in [-0.4, -0.2) is 25.8 Å². The van der Waals surface area contributed by atoms with Gasteiger partial charge >= 0.3 is 0 Å². The summed E-state index contributed by atoms with van der Waals surface area (Å²) in [5.41, 5.74) is 4.54. The average Bonchev–Trinajstić information content (AvgIpc) is 3.58. The van der Waals surface area contributed by atoms with Crippen molar-refractivity contribution >= 4 is 45.7 Å². The van der Waals surface area contributed by atoms with Crippen molar-refractivity contribution in [1.82, 2.24) is 19.9 Å². The standard InChI is InChI=1S/C25H19Cl2N5O2/c26-22-19-13-34-12-18(19)17-6-3-14(8-20(17)31-22)11-32(21-2-1-7-28-23(21)27)25(33)16-9-29-24(30-10-16)15-4-5-15/h1-3,6-10,15H,4-5,11-13H2. The fourth-order valence-corrected chi connectivity index (χ4v) is 4.72. The van der Waals surface area contributed by atoms with Gasteiger partial charge in [-0.1, -0.05) is 35.3 Å². The molecule has 2 aliphatic rings. The van der Waals surface area contributed by atoms with Gasteiger partial charge in [0.15, 0.2) is 5.15 Å². The Bertz CT molecular complexity index is 1420. The van der Waals surface area contributed by atoms with Crippen LogP contribution in [0.4, 0.5) is 5.69 Å². The van der Waals surface area contributed by atoms with Crippen LogP contribution in [0.5, 0.6) is 0 Å². The molecule has 0 unspecified atom stereocenters. The molecule has 4 aromatic rings. The molecule has 7 nitrogen and oxygen atoms in total. The first-order valence-corrected chi connectivity index (χ1v) is 11.8. The molecule has 9 heteroatoms. The van der Waals surface area contributed by atoms with Crippen molar-refractivity contribution in [3.8, 4) is 0 Å². The largest absolute Gasteiger partial charge is 0.372 e. The van der Waals surface area contributed by atoms with E-state index in [0.717, 1.165) is 46.3 Å². The van der Waals surface area contributed by atoms with Gasteiger partial charge in [0.05, 0.1) is 36.5 Å². The normalized spacial score (nSPS) is 14.9. The lowest BCUT2D eigenvalue weighted by atomic mass is 10.0. The molecule has 0 radical (unpaired) electrons. The third-order valence-corrected chi connectivity index (χ3v) is 6.79. The maximum absolute atomic E-state index is 13.6. The van der Waals surface area contributed by atoms with E-state index < -0.39 is 0 Å². The molecule has 0 spiro atoms. The smallest absolute Gasteiger partial charge is 0.261 e. The maximum atomic E-state index is 13.6. The first-order valence-electron chi connectivity index (χ1n) is 11.0. The number of amides is 1. The minimum atomic E-state index is -0.259. The summed E-state index contributed by atoms with van der Waals surface area (Å²) >= 11 is 12.8. The number of anilines is 1. The highest BCUT2D eigenvalue weighted by Crippen LogP contribution is 2.38. The number of halogens is 2. The number of carbonyl (C=O) groups is 1. The van der Waals surface area contributed by atoms with Crippen LogP contribution >= 0.6 is 23.2 Å². The first kappa shape index (κ1) is 21.4. The molecule has 1 aromatic carbocycles. The number of hydrogen-bond donors (Lipinski definition) is 0. The van der Waals surface area contributed by atoms with Crippen molar-refractivity contribution < 1.29 is 9.53 Å². The molecular weight excluding hydrogens is 473 g/mol. The third kappa shape index (κ3) is 3.90. The maximum Gasteiger partial charge on any atom is 0.261 e. The van der Waals surface area contributed by atoms with E-state index in [2.05, 4.69) is 19.9 Å². The Morgan fingerprint density at radius 1 is 1.03 bits per heavy atom. The summed E-state index contributed by atoms with van der Waals surface area (Å²) in [6.45, 7) is 1.25.